The third-order valence-corrected chi connectivity index (χ3v) is 4.02. The van der Waals surface area contributed by atoms with Gasteiger partial charge >= 0.3 is 5.97 Å². The molecule has 0 aliphatic heterocycles. The van der Waals surface area contributed by atoms with Crippen LogP contribution in [-0.4, -0.2) is 18.4 Å². The summed E-state index contributed by atoms with van der Waals surface area (Å²) in [7, 11) is 0. The van der Waals surface area contributed by atoms with Crippen LogP contribution in [0.2, 0.25) is 0 Å². The molecule has 2 rings (SSSR count). The van der Waals surface area contributed by atoms with E-state index in [-0.39, 0.29) is 17.7 Å². The van der Waals surface area contributed by atoms with Crippen LogP contribution >= 0.6 is 0 Å². The number of Topliss-reactive ketones (excluding diaryl/α,β-unsaturated/α-hetero) is 1. The van der Waals surface area contributed by atoms with E-state index in [1.54, 1.807) is 6.92 Å². The lowest BCUT2D eigenvalue weighted by molar-refractivity contribution is -0.155. The largest absolute Gasteiger partial charge is 0.465 e. The zero-order chi connectivity index (χ0) is 11.5. The Hall–Kier alpha value is -0.860. The fraction of sp³-hybridized carbons (Fsp3) is 0.846. The van der Waals surface area contributed by atoms with E-state index >= 15 is 0 Å². The number of ketones is 1. The highest BCUT2D eigenvalue weighted by atomic mass is 16.5. The molecule has 0 N–H and O–H groups in total. The zero-order valence-corrected chi connectivity index (χ0v) is 9.91. The maximum absolute atomic E-state index is 12.2. The van der Waals surface area contributed by atoms with Crippen molar-refractivity contribution < 1.29 is 14.3 Å². The molecule has 3 atom stereocenters. The van der Waals surface area contributed by atoms with E-state index in [0.29, 0.717) is 18.9 Å². The molecule has 0 saturated heterocycles. The summed E-state index contributed by atoms with van der Waals surface area (Å²) in [5, 5.41) is 0. The number of hydrogen-bond acceptors (Lipinski definition) is 3. The van der Waals surface area contributed by atoms with Gasteiger partial charge in [0.15, 0.2) is 0 Å². The van der Waals surface area contributed by atoms with E-state index in [2.05, 4.69) is 0 Å². The van der Waals surface area contributed by atoms with E-state index < -0.39 is 5.92 Å². The summed E-state index contributed by atoms with van der Waals surface area (Å²) in [6.07, 6.45) is 6.28. The summed E-state index contributed by atoms with van der Waals surface area (Å²) in [5.74, 6) is 0.106. The van der Waals surface area contributed by atoms with Gasteiger partial charge in [0.25, 0.3) is 0 Å². The van der Waals surface area contributed by atoms with Gasteiger partial charge in [-0.15, -0.1) is 0 Å². The number of carbonyl (C=O) groups excluding carboxylic acids is 2. The van der Waals surface area contributed by atoms with Crippen molar-refractivity contribution in [2.24, 2.45) is 17.8 Å². The molecular formula is C13H20O3. The fourth-order valence-corrected chi connectivity index (χ4v) is 3.19. The van der Waals surface area contributed by atoms with Gasteiger partial charge in [0, 0.05) is 5.92 Å². The Bertz CT molecular complexity index is 285. The predicted molar refractivity (Wildman–Crippen MR) is 59.8 cm³/mol. The van der Waals surface area contributed by atoms with E-state index in [9.17, 15) is 9.59 Å². The number of ether oxygens (including phenoxy) is 1. The first-order valence-electron chi connectivity index (χ1n) is 6.44. The van der Waals surface area contributed by atoms with Crippen LogP contribution in [0.1, 0.15) is 45.4 Å². The van der Waals surface area contributed by atoms with Crippen molar-refractivity contribution in [3.63, 3.8) is 0 Å². The Morgan fingerprint density at radius 1 is 1.25 bits per heavy atom. The number of carbonyl (C=O) groups is 2. The van der Waals surface area contributed by atoms with Crippen molar-refractivity contribution >= 4 is 11.8 Å². The number of hydrogen-bond donors (Lipinski definition) is 0. The summed E-state index contributed by atoms with van der Waals surface area (Å²) >= 11 is 0. The minimum Gasteiger partial charge on any atom is -0.465 e. The standard InChI is InChI=1S/C13H20O3/c1-2-16-13(15)11-8-7-9-5-3-4-6-10(9)12(11)14/h9-11H,2-8H2,1H3/t9?,10?,11-/m0/s1. The van der Waals surface area contributed by atoms with Gasteiger partial charge in [-0.3, -0.25) is 9.59 Å². The van der Waals surface area contributed by atoms with Gasteiger partial charge in [-0.05, 0) is 38.5 Å². The first-order chi connectivity index (χ1) is 7.74. The molecule has 2 saturated carbocycles. The molecule has 0 aromatic heterocycles. The first kappa shape index (κ1) is 11.6. The minimum absolute atomic E-state index is 0.150. The fourth-order valence-electron chi connectivity index (χ4n) is 3.19. The SMILES string of the molecule is CCOC(=O)[C@H]1CCC2CCCCC2C1=O. The quantitative estimate of drug-likeness (QED) is 0.534. The summed E-state index contributed by atoms with van der Waals surface area (Å²) in [4.78, 5) is 23.8. The van der Waals surface area contributed by atoms with Crippen LogP contribution in [0.5, 0.6) is 0 Å². The Morgan fingerprint density at radius 3 is 2.75 bits per heavy atom. The summed E-state index contributed by atoms with van der Waals surface area (Å²) < 4.78 is 4.97. The average molecular weight is 224 g/mol. The molecule has 16 heavy (non-hydrogen) atoms. The Labute approximate surface area is 96.5 Å². The molecule has 0 radical (unpaired) electrons. The molecule has 0 amide bonds. The molecule has 0 aromatic rings. The molecule has 2 fully saturated rings. The summed E-state index contributed by atoms with van der Waals surface area (Å²) in [5.41, 5.74) is 0. The molecule has 2 unspecified atom stereocenters. The van der Waals surface area contributed by atoms with Crippen molar-refractivity contribution in [3.8, 4) is 0 Å². The van der Waals surface area contributed by atoms with E-state index in [4.69, 9.17) is 4.74 Å². The maximum atomic E-state index is 12.2. The summed E-state index contributed by atoms with van der Waals surface area (Å²) in [6.45, 7) is 2.16. The lowest BCUT2D eigenvalue weighted by atomic mass is 9.67. The molecule has 3 nitrogen and oxygen atoms in total. The molecule has 0 spiro atoms. The predicted octanol–water partition coefficient (Wildman–Crippen LogP) is 2.33. The van der Waals surface area contributed by atoms with Crippen molar-refractivity contribution in [2.75, 3.05) is 6.61 Å². The van der Waals surface area contributed by atoms with Gasteiger partial charge in [0.05, 0.1) is 6.61 Å². The number of fused-ring (bicyclic) bond motifs is 1. The van der Waals surface area contributed by atoms with E-state index in [1.807, 2.05) is 0 Å². The van der Waals surface area contributed by atoms with Gasteiger partial charge in [-0.25, -0.2) is 0 Å². The van der Waals surface area contributed by atoms with Crippen LogP contribution in [0.15, 0.2) is 0 Å². The van der Waals surface area contributed by atoms with Gasteiger partial charge in [-0.2, -0.15) is 0 Å². The first-order valence-corrected chi connectivity index (χ1v) is 6.44. The average Bonchev–Trinajstić information content (AvgIpc) is 2.30. The highest BCUT2D eigenvalue weighted by Crippen LogP contribution is 2.40. The van der Waals surface area contributed by atoms with Gasteiger partial charge in [-0.1, -0.05) is 12.8 Å². The third kappa shape index (κ3) is 2.13. The topological polar surface area (TPSA) is 43.4 Å². The lowest BCUT2D eigenvalue weighted by Crippen LogP contribution is -2.40. The smallest absolute Gasteiger partial charge is 0.316 e. The normalized spacial score (nSPS) is 34.3. The molecule has 90 valence electrons. The minimum atomic E-state index is -0.459. The molecular weight excluding hydrogens is 204 g/mol. The molecule has 0 bridgehead atoms. The van der Waals surface area contributed by atoms with Crippen molar-refractivity contribution in [1.82, 2.24) is 0 Å². The Kier molecular flexibility index (Phi) is 3.62. The van der Waals surface area contributed by atoms with Crippen LogP contribution in [0, 0.1) is 17.8 Å². The maximum Gasteiger partial charge on any atom is 0.316 e. The molecule has 2 aliphatic rings. The lowest BCUT2D eigenvalue weighted by Gasteiger charge is -2.37. The highest BCUT2D eigenvalue weighted by Gasteiger charge is 2.42. The van der Waals surface area contributed by atoms with Crippen molar-refractivity contribution in [3.05, 3.63) is 0 Å². The Balaban J connectivity index is 2.02. The monoisotopic (exact) mass is 224 g/mol. The zero-order valence-electron chi connectivity index (χ0n) is 9.91. The molecule has 2 aliphatic carbocycles. The van der Waals surface area contributed by atoms with Crippen LogP contribution in [0.25, 0.3) is 0 Å². The summed E-state index contributed by atoms with van der Waals surface area (Å²) in [6, 6.07) is 0. The molecule has 0 aromatic carbocycles. The van der Waals surface area contributed by atoms with Crippen LogP contribution in [0.4, 0.5) is 0 Å². The van der Waals surface area contributed by atoms with Gasteiger partial charge in [0.1, 0.15) is 11.7 Å². The second kappa shape index (κ2) is 4.98. The Morgan fingerprint density at radius 2 is 2.00 bits per heavy atom. The van der Waals surface area contributed by atoms with Crippen molar-refractivity contribution in [1.29, 1.82) is 0 Å². The second-order valence-electron chi connectivity index (χ2n) is 4.94. The third-order valence-electron chi connectivity index (χ3n) is 4.02. The van der Waals surface area contributed by atoms with Gasteiger partial charge in [0.2, 0.25) is 0 Å². The van der Waals surface area contributed by atoms with Crippen LogP contribution < -0.4 is 0 Å². The van der Waals surface area contributed by atoms with Crippen LogP contribution in [-0.2, 0) is 14.3 Å². The van der Waals surface area contributed by atoms with E-state index in [0.717, 1.165) is 19.3 Å². The van der Waals surface area contributed by atoms with Crippen molar-refractivity contribution in [2.45, 2.75) is 45.4 Å². The van der Waals surface area contributed by atoms with E-state index in [1.165, 1.54) is 12.8 Å². The van der Waals surface area contributed by atoms with Gasteiger partial charge < -0.3 is 4.74 Å². The number of esters is 1. The van der Waals surface area contributed by atoms with Crippen LogP contribution in [0.3, 0.4) is 0 Å². The highest BCUT2D eigenvalue weighted by molar-refractivity contribution is 6.00. The molecule has 0 heterocycles. The second-order valence-corrected chi connectivity index (χ2v) is 4.94. The number of rotatable bonds is 2. The molecule has 3 heteroatoms.